The van der Waals surface area contributed by atoms with Crippen molar-refractivity contribution in [2.45, 2.75) is 38.0 Å². The SMILES string of the molecule is O=C(NCCc1csc2ccc(C3CC3)cc12)C1CC1. The van der Waals surface area contributed by atoms with Crippen molar-refractivity contribution in [3.8, 4) is 0 Å². The van der Waals surface area contributed by atoms with Crippen molar-refractivity contribution in [2.24, 2.45) is 5.92 Å². The van der Waals surface area contributed by atoms with Crippen LogP contribution in [0, 0.1) is 5.92 Å². The maximum atomic E-state index is 11.6. The largest absolute Gasteiger partial charge is 0.356 e. The zero-order valence-corrected chi connectivity index (χ0v) is 12.3. The van der Waals surface area contributed by atoms with Crippen molar-refractivity contribution in [2.75, 3.05) is 6.54 Å². The number of amides is 1. The van der Waals surface area contributed by atoms with E-state index < -0.39 is 0 Å². The van der Waals surface area contributed by atoms with E-state index in [0.29, 0.717) is 5.92 Å². The van der Waals surface area contributed by atoms with Crippen LogP contribution in [-0.2, 0) is 11.2 Å². The molecule has 2 fully saturated rings. The summed E-state index contributed by atoms with van der Waals surface area (Å²) in [4.78, 5) is 11.6. The van der Waals surface area contributed by atoms with Gasteiger partial charge < -0.3 is 5.32 Å². The molecule has 20 heavy (non-hydrogen) atoms. The van der Waals surface area contributed by atoms with Gasteiger partial charge in [0.2, 0.25) is 5.91 Å². The molecule has 0 aliphatic heterocycles. The second-order valence-electron chi connectivity index (χ2n) is 6.11. The van der Waals surface area contributed by atoms with Gasteiger partial charge in [0.1, 0.15) is 0 Å². The Morgan fingerprint density at radius 1 is 1.25 bits per heavy atom. The lowest BCUT2D eigenvalue weighted by Crippen LogP contribution is -2.26. The molecule has 4 rings (SSSR count). The number of carbonyl (C=O) groups is 1. The van der Waals surface area contributed by atoms with Crippen LogP contribution in [0.2, 0.25) is 0 Å². The first-order chi connectivity index (χ1) is 9.81. The normalized spacial score (nSPS) is 18.4. The van der Waals surface area contributed by atoms with Crippen molar-refractivity contribution >= 4 is 27.3 Å². The van der Waals surface area contributed by atoms with Crippen LogP contribution < -0.4 is 5.32 Å². The van der Waals surface area contributed by atoms with E-state index >= 15 is 0 Å². The van der Waals surface area contributed by atoms with E-state index in [9.17, 15) is 4.79 Å². The van der Waals surface area contributed by atoms with Crippen molar-refractivity contribution in [3.63, 3.8) is 0 Å². The van der Waals surface area contributed by atoms with Crippen LogP contribution in [0.5, 0.6) is 0 Å². The van der Waals surface area contributed by atoms with Gasteiger partial charge in [0.25, 0.3) is 0 Å². The second kappa shape index (κ2) is 4.88. The molecule has 0 unspecified atom stereocenters. The van der Waals surface area contributed by atoms with Gasteiger partial charge in [-0.15, -0.1) is 11.3 Å². The van der Waals surface area contributed by atoms with Gasteiger partial charge in [0, 0.05) is 17.2 Å². The highest BCUT2D eigenvalue weighted by atomic mass is 32.1. The van der Waals surface area contributed by atoms with E-state index in [1.807, 2.05) is 11.3 Å². The molecule has 0 saturated heterocycles. The van der Waals surface area contributed by atoms with Crippen molar-refractivity contribution in [1.82, 2.24) is 5.32 Å². The van der Waals surface area contributed by atoms with Crippen molar-refractivity contribution in [1.29, 1.82) is 0 Å². The smallest absolute Gasteiger partial charge is 0.223 e. The van der Waals surface area contributed by atoms with Gasteiger partial charge >= 0.3 is 0 Å². The van der Waals surface area contributed by atoms with Crippen LogP contribution in [0.25, 0.3) is 10.1 Å². The van der Waals surface area contributed by atoms with E-state index in [1.165, 1.54) is 34.1 Å². The minimum Gasteiger partial charge on any atom is -0.356 e. The summed E-state index contributed by atoms with van der Waals surface area (Å²) in [6.45, 7) is 0.773. The van der Waals surface area contributed by atoms with E-state index in [2.05, 4.69) is 28.9 Å². The van der Waals surface area contributed by atoms with Gasteiger partial charge in [0.15, 0.2) is 0 Å². The molecule has 2 saturated carbocycles. The number of fused-ring (bicyclic) bond motifs is 1. The fourth-order valence-electron chi connectivity index (χ4n) is 2.77. The molecule has 2 aliphatic carbocycles. The lowest BCUT2D eigenvalue weighted by atomic mass is 10.0. The van der Waals surface area contributed by atoms with Gasteiger partial charge in [-0.2, -0.15) is 0 Å². The lowest BCUT2D eigenvalue weighted by Gasteiger charge is -2.04. The van der Waals surface area contributed by atoms with Crippen LogP contribution in [0.15, 0.2) is 23.6 Å². The number of benzene rings is 1. The topological polar surface area (TPSA) is 29.1 Å². The third-order valence-electron chi connectivity index (χ3n) is 4.37. The Morgan fingerprint density at radius 2 is 2.10 bits per heavy atom. The van der Waals surface area contributed by atoms with E-state index in [-0.39, 0.29) is 5.91 Å². The number of carbonyl (C=O) groups excluding carboxylic acids is 1. The third-order valence-corrected chi connectivity index (χ3v) is 5.38. The zero-order chi connectivity index (χ0) is 13.5. The Balaban J connectivity index is 1.47. The average molecular weight is 285 g/mol. The number of hydrogen-bond donors (Lipinski definition) is 1. The molecule has 3 heteroatoms. The molecule has 2 nitrogen and oxygen atoms in total. The Hall–Kier alpha value is -1.35. The van der Waals surface area contributed by atoms with Crippen molar-refractivity contribution < 1.29 is 4.79 Å². The fourth-order valence-corrected chi connectivity index (χ4v) is 3.75. The Bertz CT molecular complexity index is 652. The van der Waals surface area contributed by atoms with Gasteiger partial charge in [0.05, 0.1) is 0 Å². The highest BCUT2D eigenvalue weighted by Crippen LogP contribution is 2.42. The molecular formula is C17H19NOS. The van der Waals surface area contributed by atoms with Crippen LogP contribution in [0.1, 0.15) is 42.7 Å². The maximum absolute atomic E-state index is 11.6. The van der Waals surface area contributed by atoms with Crippen LogP contribution in [0.3, 0.4) is 0 Å². The molecule has 2 aromatic rings. The highest BCUT2D eigenvalue weighted by molar-refractivity contribution is 7.17. The molecule has 0 atom stereocenters. The number of thiophene rings is 1. The Morgan fingerprint density at radius 3 is 2.85 bits per heavy atom. The summed E-state index contributed by atoms with van der Waals surface area (Å²) in [6.07, 6.45) is 5.81. The second-order valence-corrected chi connectivity index (χ2v) is 7.02. The number of nitrogens with one attached hydrogen (secondary N) is 1. The van der Waals surface area contributed by atoms with Gasteiger partial charge in [-0.3, -0.25) is 4.79 Å². The summed E-state index contributed by atoms with van der Waals surface area (Å²) in [5.41, 5.74) is 2.89. The summed E-state index contributed by atoms with van der Waals surface area (Å²) in [6, 6.07) is 6.93. The molecule has 1 heterocycles. The van der Waals surface area contributed by atoms with Gasteiger partial charge in [-0.05, 0) is 72.0 Å². The van der Waals surface area contributed by atoms with Crippen LogP contribution in [0.4, 0.5) is 0 Å². The molecule has 1 aromatic heterocycles. The molecule has 0 bridgehead atoms. The summed E-state index contributed by atoms with van der Waals surface area (Å²) < 4.78 is 1.37. The Labute approximate surface area is 123 Å². The molecule has 2 aliphatic rings. The molecule has 104 valence electrons. The first kappa shape index (κ1) is 12.4. The summed E-state index contributed by atoms with van der Waals surface area (Å²) in [5.74, 6) is 1.38. The van der Waals surface area contributed by atoms with Crippen LogP contribution >= 0.6 is 11.3 Å². The van der Waals surface area contributed by atoms with E-state index in [4.69, 9.17) is 0 Å². The monoisotopic (exact) mass is 285 g/mol. The predicted molar refractivity (Wildman–Crippen MR) is 83.2 cm³/mol. The quantitative estimate of drug-likeness (QED) is 0.888. The fraction of sp³-hybridized carbons (Fsp3) is 0.471. The van der Waals surface area contributed by atoms with Crippen molar-refractivity contribution in [3.05, 3.63) is 34.7 Å². The minimum absolute atomic E-state index is 0.253. The van der Waals surface area contributed by atoms with Gasteiger partial charge in [-0.25, -0.2) is 0 Å². The zero-order valence-electron chi connectivity index (χ0n) is 11.5. The summed E-state index contributed by atoms with van der Waals surface area (Å²) in [7, 11) is 0. The summed E-state index contributed by atoms with van der Waals surface area (Å²) in [5, 5.41) is 6.72. The average Bonchev–Trinajstić information content (AvgIpc) is 3.36. The van der Waals surface area contributed by atoms with E-state index in [1.54, 1.807) is 0 Å². The molecule has 1 N–H and O–H groups in total. The van der Waals surface area contributed by atoms with Gasteiger partial charge in [-0.1, -0.05) is 6.07 Å². The molecular weight excluding hydrogens is 266 g/mol. The molecule has 1 amide bonds. The minimum atomic E-state index is 0.253. The number of hydrogen-bond acceptors (Lipinski definition) is 2. The first-order valence-electron chi connectivity index (χ1n) is 7.59. The predicted octanol–water partition coefficient (Wildman–Crippen LogP) is 3.85. The highest BCUT2D eigenvalue weighted by Gasteiger charge is 2.29. The molecule has 0 spiro atoms. The van der Waals surface area contributed by atoms with Crippen LogP contribution in [-0.4, -0.2) is 12.5 Å². The Kier molecular flexibility index (Phi) is 3.03. The molecule has 1 aromatic carbocycles. The lowest BCUT2D eigenvalue weighted by molar-refractivity contribution is -0.122. The number of rotatable bonds is 5. The summed E-state index contributed by atoms with van der Waals surface area (Å²) >= 11 is 1.82. The molecule has 0 radical (unpaired) electrons. The standard InChI is InChI=1S/C17H19NOS/c19-17(12-3-4-12)18-8-7-14-10-20-16-6-5-13(9-15(14)16)11-1-2-11/h5-6,9-12H,1-4,7-8H2,(H,18,19). The first-order valence-corrected chi connectivity index (χ1v) is 8.47. The van der Waals surface area contributed by atoms with E-state index in [0.717, 1.165) is 31.7 Å². The third kappa shape index (κ3) is 2.47. The maximum Gasteiger partial charge on any atom is 0.223 e.